The molecule has 1 aromatic carbocycles. The molecule has 0 atom stereocenters. The van der Waals surface area contributed by atoms with E-state index in [1.165, 1.54) is 12.8 Å². The lowest BCUT2D eigenvalue weighted by Crippen LogP contribution is -2.18. The first-order chi connectivity index (χ1) is 8.74. The minimum absolute atomic E-state index is 0.436. The molecule has 2 N–H and O–H groups in total. The molecule has 0 unspecified atom stereocenters. The Bertz CT molecular complexity index is 563. The van der Waals surface area contributed by atoms with E-state index in [2.05, 4.69) is 15.0 Å². The summed E-state index contributed by atoms with van der Waals surface area (Å²) in [6, 6.07) is 5.22. The fourth-order valence-corrected chi connectivity index (χ4v) is 2.28. The summed E-state index contributed by atoms with van der Waals surface area (Å²) in [5, 5.41) is 4.58. The number of nitrogens with zero attached hydrogens (tertiary/aromatic N) is 3. The summed E-state index contributed by atoms with van der Waals surface area (Å²) in [7, 11) is 0. The van der Waals surface area contributed by atoms with Gasteiger partial charge in [0.2, 0.25) is 0 Å². The van der Waals surface area contributed by atoms with Crippen molar-refractivity contribution in [1.29, 1.82) is 0 Å². The second-order valence-corrected chi connectivity index (χ2v) is 4.76. The maximum Gasteiger partial charge on any atom is 0.266 e. The normalized spacial score (nSPS) is 15.3. The fraction of sp³-hybridized carbons (Fsp3) is 0.333. The minimum atomic E-state index is 0.436. The van der Waals surface area contributed by atoms with Crippen LogP contribution in [0.5, 0.6) is 0 Å². The predicted molar refractivity (Wildman–Crippen MR) is 70.6 cm³/mol. The number of rotatable bonds is 2. The molecule has 1 aromatic heterocycles. The Morgan fingerprint density at radius 2 is 2.06 bits per heavy atom. The van der Waals surface area contributed by atoms with Gasteiger partial charge in [0.25, 0.3) is 11.8 Å². The highest BCUT2D eigenvalue weighted by Crippen LogP contribution is 2.28. The molecule has 1 saturated heterocycles. The molecule has 2 aromatic rings. The van der Waals surface area contributed by atoms with E-state index < -0.39 is 0 Å². The molecule has 18 heavy (non-hydrogen) atoms. The Labute approximate surface area is 110 Å². The van der Waals surface area contributed by atoms with Gasteiger partial charge in [0.05, 0.1) is 5.56 Å². The summed E-state index contributed by atoms with van der Waals surface area (Å²) in [6.07, 6.45) is 2.35. The van der Waals surface area contributed by atoms with E-state index >= 15 is 0 Å². The van der Waals surface area contributed by atoms with E-state index in [0.717, 1.165) is 18.7 Å². The molecule has 0 aliphatic carbocycles. The maximum atomic E-state index is 5.89. The van der Waals surface area contributed by atoms with Crippen LogP contribution >= 0.6 is 11.6 Å². The molecule has 1 fully saturated rings. The van der Waals surface area contributed by atoms with Crippen molar-refractivity contribution >= 4 is 23.2 Å². The molecule has 94 valence electrons. The van der Waals surface area contributed by atoms with Gasteiger partial charge in [0.1, 0.15) is 0 Å². The topological polar surface area (TPSA) is 68.2 Å². The molecule has 0 bridgehead atoms. The van der Waals surface area contributed by atoms with Crippen molar-refractivity contribution in [3.05, 3.63) is 23.2 Å². The monoisotopic (exact) mass is 264 g/mol. The zero-order valence-corrected chi connectivity index (χ0v) is 10.5. The molecule has 3 rings (SSSR count). The smallest absolute Gasteiger partial charge is 0.266 e. The van der Waals surface area contributed by atoms with Gasteiger partial charge >= 0.3 is 0 Å². The van der Waals surface area contributed by atoms with Crippen molar-refractivity contribution < 1.29 is 4.52 Å². The van der Waals surface area contributed by atoms with Crippen LogP contribution in [0.15, 0.2) is 22.7 Å². The number of aromatic nitrogens is 2. The predicted octanol–water partition coefficient (Wildman–Crippen LogP) is 2.57. The highest BCUT2D eigenvalue weighted by Gasteiger charge is 2.19. The standard InChI is InChI=1S/C12H13ClN4O/c13-8-3-4-9(10(14)7-8)11-15-12(16-18-11)17-5-1-2-6-17/h3-4,7H,1-2,5-6,14H2. The van der Waals surface area contributed by atoms with Crippen LogP contribution < -0.4 is 10.6 Å². The molecule has 0 saturated carbocycles. The van der Waals surface area contributed by atoms with Crippen LogP contribution in [0, 0.1) is 0 Å². The zero-order valence-electron chi connectivity index (χ0n) is 9.77. The summed E-state index contributed by atoms with van der Waals surface area (Å²) in [6.45, 7) is 1.96. The van der Waals surface area contributed by atoms with E-state index in [-0.39, 0.29) is 0 Å². The summed E-state index contributed by atoms with van der Waals surface area (Å²) >= 11 is 5.86. The largest absolute Gasteiger partial charge is 0.398 e. The third kappa shape index (κ3) is 2.01. The number of halogens is 1. The van der Waals surface area contributed by atoms with Crippen LogP contribution in [-0.2, 0) is 0 Å². The lowest BCUT2D eigenvalue weighted by molar-refractivity contribution is 0.430. The first-order valence-corrected chi connectivity index (χ1v) is 6.26. The van der Waals surface area contributed by atoms with Crippen LogP contribution in [0.4, 0.5) is 11.6 Å². The summed E-state index contributed by atoms with van der Waals surface area (Å²) in [5.74, 6) is 1.07. The number of anilines is 2. The van der Waals surface area contributed by atoms with Crippen LogP contribution in [0.1, 0.15) is 12.8 Å². The van der Waals surface area contributed by atoms with Crippen molar-refractivity contribution in [1.82, 2.24) is 10.1 Å². The van der Waals surface area contributed by atoms with Crippen LogP contribution in [0.2, 0.25) is 5.02 Å². The van der Waals surface area contributed by atoms with E-state index in [9.17, 15) is 0 Å². The second-order valence-electron chi connectivity index (χ2n) is 4.33. The van der Waals surface area contributed by atoms with E-state index in [4.69, 9.17) is 21.9 Å². The van der Waals surface area contributed by atoms with Gasteiger partial charge in [-0.15, -0.1) is 0 Å². The number of hydrogen-bond acceptors (Lipinski definition) is 5. The molecule has 6 heteroatoms. The third-order valence-corrected chi connectivity index (χ3v) is 3.28. The number of benzene rings is 1. The number of nitrogens with two attached hydrogens (primary N) is 1. The van der Waals surface area contributed by atoms with Gasteiger partial charge in [-0.1, -0.05) is 11.6 Å². The Hall–Kier alpha value is -1.75. The van der Waals surface area contributed by atoms with Crippen molar-refractivity contribution in [2.45, 2.75) is 12.8 Å². The van der Waals surface area contributed by atoms with Gasteiger partial charge in [-0.05, 0) is 36.2 Å². The van der Waals surface area contributed by atoms with Crippen LogP contribution in [0.25, 0.3) is 11.5 Å². The van der Waals surface area contributed by atoms with Gasteiger partial charge in [0.15, 0.2) is 0 Å². The minimum Gasteiger partial charge on any atom is -0.398 e. The first-order valence-electron chi connectivity index (χ1n) is 5.88. The SMILES string of the molecule is Nc1cc(Cl)ccc1-c1nc(N2CCCC2)no1. The molecular formula is C12H13ClN4O. The highest BCUT2D eigenvalue weighted by atomic mass is 35.5. The van der Waals surface area contributed by atoms with Gasteiger partial charge in [-0.25, -0.2) is 0 Å². The molecule has 2 heterocycles. The van der Waals surface area contributed by atoms with E-state index in [0.29, 0.717) is 22.5 Å². The molecule has 0 spiro atoms. The van der Waals surface area contributed by atoms with Gasteiger partial charge in [0, 0.05) is 23.8 Å². The number of hydrogen-bond donors (Lipinski definition) is 1. The highest BCUT2D eigenvalue weighted by molar-refractivity contribution is 6.31. The average molecular weight is 265 g/mol. The Morgan fingerprint density at radius 1 is 1.28 bits per heavy atom. The fourth-order valence-electron chi connectivity index (χ4n) is 2.10. The van der Waals surface area contributed by atoms with Crippen LogP contribution in [0.3, 0.4) is 0 Å². The Morgan fingerprint density at radius 3 is 2.78 bits per heavy atom. The van der Waals surface area contributed by atoms with Gasteiger partial charge in [-0.3, -0.25) is 0 Å². The van der Waals surface area contributed by atoms with Crippen molar-refractivity contribution in [2.75, 3.05) is 23.7 Å². The summed E-state index contributed by atoms with van der Waals surface area (Å²) in [4.78, 5) is 6.49. The molecule has 1 aliphatic rings. The first kappa shape index (κ1) is 11.3. The zero-order chi connectivity index (χ0) is 12.5. The Kier molecular flexibility index (Phi) is 2.83. The van der Waals surface area contributed by atoms with E-state index in [1.54, 1.807) is 18.2 Å². The van der Waals surface area contributed by atoms with Crippen LogP contribution in [-0.4, -0.2) is 23.2 Å². The molecular weight excluding hydrogens is 252 g/mol. The number of nitrogen functional groups attached to an aromatic ring is 1. The lowest BCUT2D eigenvalue weighted by atomic mass is 10.2. The quantitative estimate of drug-likeness (QED) is 0.845. The van der Waals surface area contributed by atoms with Crippen molar-refractivity contribution in [3.8, 4) is 11.5 Å². The third-order valence-electron chi connectivity index (χ3n) is 3.05. The molecule has 0 amide bonds. The van der Waals surface area contributed by atoms with E-state index in [1.807, 2.05) is 0 Å². The van der Waals surface area contributed by atoms with Crippen molar-refractivity contribution in [3.63, 3.8) is 0 Å². The Balaban J connectivity index is 1.92. The maximum absolute atomic E-state index is 5.89. The van der Waals surface area contributed by atoms with Crippen molar-refractivity contribution in [2.24, 2.45) is 0 Å². The summed E-state index contributed by atoms with van der Waals surface area (Å²) < 4.78 is 5.26. The van der Waals surface area contributed by atoms with Gasteiger partial charge < -0.3 is 15.2 Å². The lowest BCUT2D eigenvalue weighted by Gasteiger charge is -2.09. The molecule has 0 radical (unpaired) electrons. The molecule has 1 aliphatic heterocycles. The summed E-state index contributed by atoms with van der Waals surface area (Å²) in [5.41, 5.74) is 7.15. The van der Waals surface area contributed by atoms with Gasteiger partial charge in [-0.2, -0.15) is 4.98 Å². The second kappa shape index (κ2) is 4.49. The average Bonchev–Trinajstić information content (AvgIpc) is 2.99. The molecule has 5 nitrogen and oxygen atoms in total.